The third-order valence-corrected chi connectivity index (χ3v) is 4.45. The molecule has 4 heteroatoms. The fraction of sp³-hybridized carbons (Fsp3) is 0.875. The number of esters is 2. The van der Waals surface area contributed by atoms with Crippen molar-refractivity contribution in [1.82, 2.24) is 0 Å². The lowest BCUT2D eigenvalue weighted by atomic mass is 9.89. The van der Waals surface area contributed by atoms with E-state index in [4.69, 9.17) is 9.47 Å². The average Bonchev–Trinajstić information content (AvgIpc) is 2.53. The summed E-state index contributed by atoms with van der Waals surface area (Å²) in [5, 5.41) is 0. The molecule has 2 rings (SSSR count). The van der Waals surface area contributed by atoms with Gasteiger partial charge in [0.15, 0.2) is 0 Å². The summed E-state index contributed by atoms with van der Waals surface area (Å²) in [6, 6.07) is 0. The van der Waals surface area contributed by atoms with Crippen molar-refractivity contribution in [2.24, 2.45) is 11.8 Å². The highest BCUT2D eigenvalue weighted by molar-refractivity contribution is 5.73. The Morgan fingerprint density at radius 3 is 1.35 bits per heavy atom. The van der Waals surface area contributed by atoms with Crippen LogP contribution in [0.1, 0.15) is 64.2 Å². The van der Waals surface area contributed by atoms with Crippen LogP contribution in [0.15, 0.2) is 0 Å². The minimum Gasteiger partial charge on any atom is -0.462 e. The van der Waals surface area contributed by atoms with Crippen molar-refractivity contribution < 1.29 is 19.1 Å². The highest BCUT2D eigenvalue weighted by atomic mass is 16.6. The molecule has 0 bridgehead atoms. The molecule has 2 aliphatic rings. The lowest BCUT2D eigenvalue weighted by molar-refractivity contribution is -0.158. The van der Waals surface area contributed by atoms with Crippen LogP contribution in [0.3, 0.4) is 0 Å². The van der Waals surface area contributed by atoms with Gasteiger partial charge in [-0.05, 0) is 25.7 Å². The zero-order valence-electron chi connectivity index (χ0n) is 12.3. The second-order valence-corrected chi connectivity index (χ2v) is 6.00. The van der Waals surface area contributed by atoms with Crippen LogP contribution >= 0.6 is 0 Å². The van der Waals surface area contributed by atoms with Gasteiger partial charge in [-0.1, -0.05) is 38.5 Å². The van der Waals surface area contributed by atoms with E-state index in [9.17, 15) is 9.59 Å². The van der Waals surface area contributed by atoms with Crippen LogP contribution in [0.25, 0.3) is 0 Å². The second-order valence-electron chi connectivity index (χ2n) is 6.00. The van der Waals surface area contributed by atoms with Gasteiger partial charge < -0.3 is 9.47 Å². The smallest absolute Gasteiger partial charge is 0.309 e. The fourth-order valence-electron chi connectivity index (χ4n) is 3.20. The molecule has 0 saturated heterocycles. The Balaban J connectivity index is 1.56. The molecule has 0 unspecified atom stereocenters. The molecule has 0 atom stereocenters. The Morgan fingerprint density at radius 1 is 0.650 bits per heavy atom. The standard InChI is InChI=1S/C16H26O4/c17-15(13-7-3-1-4-8-13)19-11-12-20-16(18)14-9-5-2-6-10-14/h13-14H,1-12H2. The van der Waals surface area contributed by atoms with Crippen molar-refractivity contribution in [3.63, 3.8) is 0 Å². The molecule has 0 aromatic heterocycles. The van der Waals surface area contributed by atoms with E-state index < -0.39 is 0 Å². The van der Waals surface area contributed by atoms with Gasteiger partial charge in [0.1, 0.15) is 13.2 Å². The zero-order chi connectivity index (χ0) is 14.2. The predicted octanol–water partition coefficient (Wildman–Crippen LogP) is 3.23. The molecule has 114 valence electrons. The Morgan fingerprint density at radius 2 is 1.00 bits per heavy atom. The number of ether oxygens (including phenoxy) is 2. The van der Waals surface area contributed by atoms with Crippen LogP contribution in [0, 0.1) is 11.8 Å². The van der Waals surface area contributed by atoms with Crippen molar-refractivity contribution >= 4 is 11.9 Å². The van der Waals surface area contributed by atoms with E-state index in [1.807, 2.05) is 0 Å². The first-order valence-electron chi connectivity index (χ1n) is 8.10. The van der Waals surface area contributed by atoms with Crippen molar-refractivity contribution in [3.05, 3.63) is 0 Å². The van der Waals surface area contributed by atoms with Crippen LogP contribution in [-0.2, 0) is 19.1 Å². The Labute approximate surface area is 121 Å². The summed E-state index contributed by atoms with van der Waals surface area (Å²) in [4.78, 5) is 23.6. The van der Waals surface area contributed by atoms with Gasteiger partial charge in [0.2, 0.25) is 0 Å². The number of hydrogen-bond acceptors (Lipinski definition) is 4. The highest BCUT2D eigenvalue weighted by Crippen LogP contribution is 2.25. The van der Waals surface area contributed by atoms with E-state index in [0.717, 1.165) is 51.4 Å². The van der Waals surface area contributed by atoms with Crippen LogP contribution in [0.5, 0.6) is 0 Å². The molecule has 0 spiro atoms. The lowest BCUT2D eigenvalue weighted by Crippen LogP contribution is -2.24. The van der Waals surface area contributed by atoms with Crippen molar-refractivity contribution in [2.75, 3.05) is 13.2 Å². The first-order valence-corrected chi connectivity index (χ1v) is 8.10. The molecule has 0 radical (unpaired) electrons. The number of carbonyl (C=O) groups is 2. The first kappa shape index (κ1) is 15.3. The molecule has 20 heavy (non-hydrogen) atoms. The first-order chi connectivity index (χ1) is 9.77. The molecule has 0 aromatic rings. The normalized spacial score (nSPS) is 21.4. The van der Waals surface area contributed by atoms with Gasteiger partial charge in [0, 0.05) is 0 Å². The van der Waals surface area contributed by atoms with Gasteiger partial charge in [0.25, 0.3) is 0 Å². The lowest BCUT2D eigenvalue weighted by Gasteiger charge is -2.21. The van der Waals surface area contributed by atoms with E-state index in [2.05, 4.69) is 0 Å². The molecule has 2 fully saturated rings. The summed E-state index contributed by atoms with van der Waals surface area (Å²) in [6.07, 6.45) is 10.7. The van der Waals surface area contributed by atoms with E-state index >= 15 is 0 Å². The van der Waals surface area contributed by atoms with Gasteiger partial charge in [-0.15, -0.1) is 0 Å². The summed E-state index contributed by atoms with van der Waals surface area (Å²) in [5.41, 5.74) is 0. The van der Waals surface area contributed by atoms with Gasteiger partial charge >= 0.3 is 11.9 Å². The van der Waals surface area contributed by atoms with Crippen molar-refractivity contribution in [3.8, 4) is 0 Å². The Bertz CT molecular complexity index is 282. The number of rotatable bonds is 5. The van der Waals surface area contributed by atoms with Gasteiger partial charge in [-0.3, -0.25) is 9.59 Å². The third kappa shape index (κ3) is 4.80. The summed E-state index contributed by atoms with van der Waals surface area (Å²) >= 11 is 0. The maximum Gasteiger partial charge on any atom is 0.309 e. The second kappa shape index (κ2) is 8.28. The summed E-state index contributed by atoms with van der Waals surface area (Å²) in [7, 11) is 0. The maximum absolute atomic E-state index is 11.8. The molecule has 0 aromatic carbocycles. The molecule has 0 amide bonds. The molecular formula is C16H26O4. The van der Waals surface area contributed by atoms with Crippen LogP contribution < -0.4 is 0 Å². The minimum absolute atomic E-state index is 0.0674. The SMILES string of the molecule is O=C(OCCOC(=O)C1CCCCC1)C1CCCCC1. The quantitative estimate of drug-likeness (QED) is 0.574. The summed E-state index contributed by atoms with van der Waals surface area (Å²) in [6.45, 7) is 0.404. The largest absolute Gasteiger partial charge is 0.462 e. The average molecular weight is 282 g/mol. The molecule has 0 aliphatic heterocycles. The Hall–Kier alpha value is -1.06. The monoisotopic (exact) mass is 282 g/mol. The third-order valence-electron chi connectivity index (χ3n) is 4.45. The van der Waals surface area contributed by atoms with Crippen LogP contribution in [-0.4, -0.2) is 25.2 Å². The molecule has 2 saturated carbocycles. The van der Waals surface area contributed by atoms with Gasteiger partial charge in [-0.2, -0.15) is 0 Å². The highest BCUT2D eigenvalue weighted by Gasteiger charge is 2.24. The van der Waals surface area contributed by atoms with E-state index in [1.54, 1.807) is 0 Å². The zero-order valence-corrected chi connectivity index (χ0v) is 12.3. The molecular weight excluding hydrogens is 256 g/mol. The van der Waals surface area contributed by atoms with Crippen molar-refractivity contribution in [2.45, 2.75) is 64.2 Å². The van der Waals surface area contributed by atoms with Gasteiger partial charge in [-0.25, -0.2) is 0 Å². The fourth-order valence-corrected chi connectivity index (χ4v) is 3.20. The van der Waals surface area contributed by atoms with E-state index in [-0.39, 0.29) is 37.0 Å². The number of carbonyl (C=O) groups excluding carboxylic acids is 2. The summed E-state index contributed by atoms with van der Waals surface area (Å²) in [5.74, 6) is -0.0903. The maximum atomic E-state index is 11.8. The molecule has 0 heterocycles. The number of hydrogen-bond donors (Lipinski definition) is 0. The molecule has 2 aliphatic carbocycles. The van der Waals surface area contributed by atoms with Crippen LogP contribution in [0.2, 0.25) is 0 Å². The Kier molecular flexibility index (Phi) is 6.34. The van der Waals surface area contributed by atoms with Crippen LogP contribution in [0.4, 0.5) is 0 Å². The van der Waals surface area contributed by atoms with Crippen molar-refractivity contribution in [1.29, 1.82) is 0 Å². The molecule has 4 nitrogen and oxygen atoms in total. The summed E-state index contributed by atoms with van der Waals surface area (Å²) < 4.78 is 10.4. The minimum atomic E-state index is -0.113. The van der Waals surface area contributed by atoms with E-state index in [1.165, 1.54) is 12.8 Å². The topological polar surface area (TPSA) is 52.6 Å². The predicted molar refractivity (Wildman–Crippen MR) is 75.1 cm³/mol. The van der Waals surface area contributed by atoms with E-state index in [0.29, 0.717) is 0 Å². The van der Waals surface area contributed by atoms with Gasteiger partial charge in [0.05, 0.1) is 11.8 Å². The molecule has 0 N–H and O–H groups in total.